The molecule has 0 fully saturated rings. The number of carboxylic acids is 1. The maximum absolute atomic E-state index is 10.2. The van der Waals surface area contributed by atoms with Gasteiger partial charge in [-0.1, -0.05) is 6.08 Å². The molecule has 1 heterocycles. The summed E-state index contributed by atoms with van der Waals surface area (Å²) >= 11 is 4.99. The molecule has 1 aromatic heterocycles. The molecule has 0 saturated heterocycles. The molecule has 0 saturated carbocycles. The van der Waals surface area contributed by atoms with Gasteiger partial charge in [0.1, 0.15) is 0 Å². The SMILES string of the molecule is CN(C/C=C/C(=O)O)c1ccc(Br)s1. The molecule has 0 spiro atoms. The highest BCUT2D eigenvalue weighted by atomic mass is 79.9. The van der Waals surface area contributed by atoms with Crippen LogP contribution in [0.25, 0.3) is 0 Å². The molecular formula is C9H10BrNO2S. The van der Waals surface area contributed by atoms with Crippen LogP contribution in [-0.2, 0) is 4.79 Å². The van der Waals surface area contributed by atoms with Crippen LogP contribution in [0.4, 0.5) is 5.00 Å². The Morgan fingerprint density at radius 1 is 1.71 bits per heavy atom. The summed E-state index contributed by atoms with van der Waals surface area (Å²) in [6.45, 7) is 0.596. The molecule has 5 heteroatoms. The van der Waals surface area contributed by atoms with Crippen LogP contribution in [0.15, 0.2) is 28.1 Å². The summed E-state index contributed by atoms with van der Waals surface area (Å²) < 4.78 is 1.07. The topological polar surface area (TPSA) is 40.5 Å². The van der Waals surface area contributed by atoms with Crippen molar-refractivity contribution in [2.45, 2.75) is 0 Å². The van der Waals surface area contributed by atoms with Crippen molar-refractivity contribution < 1.29 is 9.90 Å². The highest BCUT2D eigenvalue weighted by Crippen LogP contribution is 2.28. The summed E-state index contributed by atoms with van der Waals surface area (Å²) in [7, 11) is 1.92. The lowest BCUT2D eigenvalue weighted by Gasteiger charge is -2.13. The van der Waals surface area contributed by atoms with Gasteiger partial charge in [0.05, 0.1) is 8.79 Å². The molecule has 0 unspecified atom stereocenters. The predicted molar refractivity (Wildman–Crippen MR) is 62.1 cm³/mol. The van der Waals surface area contributed by atoms with Crippen LogP contribution in [0.1, 0.15) is 0 Å². The highest BCUT2D eigenvalue weighted by Gasteiger charge is 2.01. The van der Waals surface area contributed by atoms with Gasteiger partial charge in [0.2, 0.25) is 0 Å². The van der Waals surface area contributed by atoms with Crippen molar-refractivity contribution in [3.8, 4) is 0 Å². The average Bonchev–Trinajstić information content (AvgIpc) is 2.51. The average molecular weight is 276 g/mol. The summed E-state index contributed by atoms with van der Waals surface area (Å²) in [6.07, 6.45) is 2.77. The molecule has 0 aromatic carbocycles. The first kappa shape index (κ1) is 11.3. The summed E-state index contributed by atoms with van der Waals surface area (Å²) in [5.41, 5.74) is 0. The minimum absolute atomic E-state index is 0.596. The van der Waals surface area contributed by atoms with E-state index in [-0.39, 0.29) is 0 Å². The molecule has 0 aliphatic carbocycles. The smallest absolute Gasteiger partial charge is 0.328 e. The van der Waals surface area contributed by atoms with Crippen molar-refractivity contribution in [1.29, 1.82) is 0 Å². The maximum Gasteiger partial charge on any atom is 0.328 e. The number of likely N-dealkylation sites (N-methyl/N-ethyl adjacent to an activating group) is 1. The molecule has 0 amide bonds. The second-order valence-electron chi connectivity index (χ2n) is 2.70. The molecule has 0 radical (unpaired) electrons. The number of halogens is 1. The van der Waals surface area contributed by atoms with E-state index in [1.165, 1.54) is 0 Å². The van der Waals surface area contributed by atoms with Crippen LogP contribution in [0.5, 0.6) is 0 Å². The van der Waals surface area contributed by atoms with Gasteiger partial charge in [0.25, 0.3) is 0 Å². The molecule has 3 nitrogen and oxygen atoms in total. The molecule has 76 valence electrons. The van der Waals surface area contributed by atoms with Crippen molar-refractivity contribution in [3.63, 3.8) is 0 Å². The van der Waals surface area contributed by atoms with E-state index >= 15 is 0 Å². The van der Waals surface area contributed by atoms with Crippen molar-refractivity contribution in [1.82, 2.24) is 0 Å². The quantitative estimate of drug-likeness (QED) is 0.859. The van der Waals surface area contributed by atoms with E-state index in [1.54, 1.807) is 17.4 Å². The monoisotopic (exact) mass is 275 g/mol. The van der Waals surface area contributed by atoms with Crippen LogP contribution in [-0.4, -0.2) is 24.7 Å². The highest BCUT2D eigenvalue weighted by molar-refractivity contribution is 9.11. The number of anilines is 1. The largest absolute Gasteiger partial charge is 0.478 e. The Morgan fingerprint density at radius 3 is 2.93 bits per heavy atom. The van der Waals surface area contributed by atoms with E-state index in [1.807, 2.05) is 24.1 Å². The van der Waals surface area contributed by atoms with Gasteiger partial charge in [-0.3, -0.25) is 0 Å². The van der Waals surface area contributed by atoms with Crippen LogP contribution >= 0.6 is 27.3 Å². The first-order chi connectivity index (χ1) is 6.59. The van der Waals surface area contributed by atoms with Crippen molar-refractivity contribution in [3.05, 3.63) is 28.1 Å². The second-order valence-corrected chi connectivity index (χ2v) is 5.14. The van der Waals surface area contributed by atoms with Gasteiger partial charge in [-0.25, -0.2) is 4.79 Å². The first-order valence-electron chi connectivity index (χ1n) is 3.95. The van der Waals surface area contributed by atoms with E-state index in [0.29, 0.717) is 6.54 Å². The summed E-state index contributed by atoms with van der Waals surface area (Å²) in [5.74, 6) is -0.911. The van der Waals surface area contributed by atoms with Crippen molar-refractivity contribution in [2.75, 3.05) is 18.5 Å². The molecule has 0 aliphatic rings. The number of rotatable bonds is 4. The zero-order valence-electron chi connectivity index (χ0n) is 7.61. The van der Waals surface area contributed by atoms with Gasteiger partial charge < -0.3 is 10.0 Å². The lowest BCUT2D eigenvalue weighted by molar-refractivity contribution is -0.131. The number of nitrogens with zero attached hydrogens (tertiary/aromatic N) is 1. The molecule has 1 aromatic rings. The summed E-state index contributed by atoms with van der Waals surface area (Å²) in [5, 5.41) is 9.49. The van der Waals surface area contributed by atoms with Crippen molar-refractivity contribution >= 4 is 38.2 Å². The Kier molecular flexibility index (Phi) is 4.16. The maximum atomic E-state index is 10.2. The Balaban J connectivity index is 2.50. The van der Waals surface area contributed by atoms with Gasteiger partial charge in [-0.15, -0.1) is 11.3 Å². The van der Waals surface area contributed by atoms with Crippen molar-refractivity contribution in [2.24, 2.45) is 0 Å². The fraction of sp³-hybridized carbons (Fsp3) is 0.222. The second kappa shape index (κ2) is 5.17. The van der Waals surface area contributed by atoms with Crippen LogP contribution in [0.2, 0.25) is 0 Å². The Bertz CT molecular complexity index is 348. The van der Waals surface area contributed by atoms with Gasteiger partial charge in [-0.05, 0) is 28.1 Å². The normalized spacial score (nSPS) is 10.7. The zero-order valence-corrected chi connectivity index (χ0v) is 10.0. The van der Waals surface area contributed by atoms with E-state index in [2.05, 4.69) is 15.9 Å². The molecule has 1 N–H and O–H groups in total. The number of carboxylic acid groups (broad SMARTS) is 1. The standard InChI is InChI=1S/C9H10BrNO2S/c1-11(6-2-3-9(12)13)8-5-4-7(10)14-8/h2-5H,6H2,1H3,(H,12,13)/b3-2+. The fourth-order valence-electron chi connectivity index (χ4n) is 0.912. The van der Waals surface area contributed by atoms with Crippen LogP contribution in [0, 0.1) is 0 Å². The Hall–Kier alpha value is -0.810. The Morgan fingerprint density at radius 2 is 2.43 bits per heavy atom. The van der Waals surface area contributed by atoms with E-state index in [9.17, 15) is 4.79 Å². The molecule has 1 rings (SSSR count). The summed E-state index contributed by atoms with van der Waals surface area (Å²) in [6, 6.07) is 3.96. The van der Waals surface area contributed by atoms with Gasteiger partial charge in [-0.2, -0.15) is 0 Å². The first-order valence-corrected chi connectivity index (χ1v) is 5.56. The molecule has 0 bridgehead atoms. The number of hydrogen-bond donors (Lipinski definition) is 1. The minimum atomic E-state index is -0.911. The Labute approximate surface area is 94.8 Å². The lowest BCUT2D eigenvalue weighted by Crippen LogP contribution is -2.15. The van der Waals surface area contributed by atoms with E-state index < -0.39 is 5.97 Å². The fourth-order valence-corrected chi connectivity index (χ4v) is 2.24. The number of aliphatic carboxylic acids is 1. The van der Waals surface area contributed by atoms with E-state index in [4.69, 9.17) is 5.11 Å². The van der Waals surface area contributed by atoms with Crippen LogP contribution in [0.3, 0.4) is 0 Å². The molecular weight excluding hydrogens is 266 g/mol. The van der Waals surface area contributed by atoms with Gasteiger partial charge in [0, 0.05) is 19.7 Å². The molecule has 0 atom stereocenters. The number of thiophene rings is 1. The minimum Gasteiger partial charge on any atom is -0.478 e. The van der Waals surface area contributed by atoms with Gasteiger partial charge >= 0.3 is 5.97 Å². The predicted octanol–water partition coefficient (Wildman–Crippen LogP) is 2.59. The summed E-state index contributed by atoms with van der Waals surface area (Å²) in [4.78, 5) is 12.2. The van der Waals surface area contributed by atoms with Gasteiger partial charge in [0.15, 0.2) is 0 Å². The molecule has 0 aliphatic heterocycles. The third kappa shape index (κ3) is 3.51. The number of carbonyl (C=O) groups is 1. The third-order valence-electron chi connectivity index (χ3n) is 1.57. The molecule has 14 heavy (non-hydrogen) atoms. The lowest BCUT2D eigenvalue weighted by atomic mass is 10.4. The third-order valence-corrected chi connectivity index (χ3v) is 3.31. The van der Waals surface area contributed by atoms with E-state index in [0.717, 1.165) is 14.9 Å². The zero-order chi connectivity index (χ0) is 10.6. The number of hydrogen-bond acceptors (Lipinski definition) is 3. The van der Waals surface area contributed by atoms with Crippen LogP contribution < -0.4 is 4.90 Å².